The number of nitrogens with one attached hydrogen (secondary N) is 1. The van der Waals surface area contributed by atoms with E-state index in [0.29, 0.717) is 10.6 Å². The first-order valence-corrected chi connectivity index (χ1v) is 11.9. The summed E-state index contributed by atoms with van der Waals surface area (Å²) in [5, 5.41) is 4.42. The second-order valence-corrected chi connectivity index (χ2v) is 9.41. The summed E-state index contributed by atoms with van der Waals surface area (Å²) in [5.74, 6) is -0.728. The number of ether oxygens (including phenoxy) is 1. The Labute approximate surface area is 191 Å². The number of nitrogens with zero attached hydrogens (tertiary/aromatic N) is 1. The molecule has 0 radical (unpaired) electrons. The number of carbonyl (C=O) groups is 2. The van der Waals surface area contributed by atoms with E-state index in [1.54, 1.807) is 24.5 Å². The molecule has 0 fully saturated rings. The smallest absolute Gasteiger partial charge is 0.341 e. The molecule has 32 heavy (non-hydrogen) atoms. The largest absolute Gasteiger partial charge is 0.462 e. The number of esters is 1. The summed E-state index contributed by atoms with van der Waals surface area (Å²) in [7, 11) is 0. The molecule has 0 bridgehead atoms. The Bertz CT molecular complexity index is 1270. The molecule has 0 saturated heterocycles. The number of hydrogen-bond donors (Lipinski definition) is 1. The lowest BCUT2D eigenvalue weighted by Crippen LogP contribution is -2.32. The molecule has 1 N–H and O–H groups in total. The standard InChI is InChI=1S/C25H28N2O4S/c1-5-31-25(30)21-18-10-6-7-12-19(18)32-24(21)26-23(29)16(4)27-20(28)13-15(3)17-11-8-9-14(2)22(17)27/h8-9,11,13,16H,5-7,10,12H2,1-4H3,(H,26,29). The van der Waals surface area contributed by atoms with Crippen molar-refractivity contribution in [1.29, 1.82) is 0 Å². The fourth-order valence-electron chi connectivity index (χ4n) is 4.53. The van der Waals surface area contributed by atoms with E-state index in [1.807, 2.05) is 32.0 Å². The minimum atomic E-state index is -0.749. The normalized spacial score (nSPS) is 14.1. The van der Waals surface area contributed by atoms with Crippen LogP contribution in [0.3, 0.4) is 0 Å². The Balaban J connectivity index is 1.74. The Hall–Kier alpha value is -2.93. The van der Waals surface area contributed by atoms with Gasteiger partial charge in [0.1, 0.15) is 11.0 Å². The molecule has 1 atom stereocenters. The molecule has 4 rings (SSSR count). The van der Waals surface area contributed by atoms with Crippen molar-refractivity contribution in [2.24, 2.45) is 0 Å². The summed E-state index contributed by atoms with van der Waals surface area (Å²) in [6.07, 6.45) is 3.80. The Kier molecular flexibility index (Phi) is 6.20. The highest BCUT2D eigenvalue weighted by Crippen LogP contribution is 2.39. The van der Waals surface area contributed by atoms with Crippen molar-refractivity contribution >= 4 is 39.1 Å². The maximum Gasteiger partial charge on any atom is 0.341 e. The van der Waals surface area contributed by atoms with E-state index in [1.165, 1.54) is 11.3 Å². The zero-order valence-corrected chi connectivity index (χ0v) is 19.7. The number of aryl methyl sites for hydroxylation is 3. The number of rotatable bonds is 5. The van der Waals surface area contributed by atoms with Gasteiger partial charge < -0.3 is 10.1 Å². The van der Waals surface area contributed by atoms with E-state index < -0.39 is 12.0 Å². The van der Waals surface area contributed by atoms with Gasteiger partial charge in [0, 0.05) is 16.3 Å². The van der Waals surface area contributed by atoms with Gasteiger partial charge in [0.25, 0.3) is 5.56 Å². The number of aromatic nitrogens is 1. The average Bonchev–Trinajstić information content (AvgIpc) is 3.12. The van der Waals surface area contributed by atoms with Crippen LogP contribution in [0.5, 0.6) is 0 Å². The first kappa shape index (κ1) is 22.3. The predicted molar refractivity (Wildman–Crippen MR) is 128 cm³/mol. The molecule has 0 spiro atoms. The molecule has 168 valence electrons. The molecule has 2 aromatic heterocycles. The first-order chi connectivity index (χ1) is 15.3. The molecule has 3 aromatic rings. The molecule has 0 saturated carbocycles. The monoisotopic (exact) mass is 452 g/mol. The van der Waals surface area contributed by atoms with Crippen LogP contribution in [0.4, 0.5) is 5.00 Å². The number of para-hydroxylation sites is 1. The van der Waals surface area contributed by atoms with Crippen LogP contribution >= 0.6 is 11.3 Å². The van der Waals surface area contributed by atoms with Crippen LogP contribution in [0.1, 0.15) is 64.7 Å². The molecule has 2 heterocycles. The van der Waals surface area contributed by atoms with Crippen LogP contribution in [-0.4, -0.2) is 23.1 Å². The number of amides is 1. The van der Waals surface area contributed by atoms with Gasteiger partial charge in [-0.15, -0.1) is 11.3 Å². The molecule has 7 heteroatoms. The van der Waals surface area contributed by atoms with E-state index in [9.17, 15) is 14.4 Å². The SMILES string of the molecule is CCOC(=O)c1c(NC(=O)C(C)n2c(=O)cc(C)c3cccc(C)c32)sc2c1CCCC2. The maximum atomic E-state index is 13.3. The van der Waals surface area contributed by atoms with Gasteiger partial charge >= 0.3 is 5.97 Å². The molecule has 1 unspecified atom stereocenters. The van der Waals surface area contributed by atoms with Crippen molar-refractivity contribution in [2.45, 2.75) is 59.4 Å². The summed E-state index contributed by atoms with van der Waals surface area (Å²) in [4.78, 5) is 40.1. The van der Waals surface area contributed by atoms with Gasteiger partial charge in [0.2, 0.25) is 5.91 Å². The van der Waals surface area contributed by atoms with Gasteiger partial charge in [-0.1, -0.05) is 18.2 Å². The summed E-state index contributed by atoms with van der Waals surface area (Å²) in [5.41, 5.74) is 3.83. The van der Waals surface area contributed by atoms with Crippen LogP contribution in [0.2, 0.25) is 0 Å². The van der Waals surface area contributed by atoms with Crippen molar-refractivity contribution < 1.29 is 14.3 Å². The van der Waals surface area contributed by atoms with Gasteiger partial charge in [-0.05, 0) is 70.1 Å². The fourth-order valence-corrected chi connectivity index (χ4v) is 5.81. The van der Waals surface area contributed by atoms with Crippen LogP contribution < -0.4 is 10.9 Å². The average molecular weight is 453 g/mol. The first-order valence-electron chi connectivity index (χ1n) is 11.1. The zero-order chi connectivity index (χ0) is 23.0. The quantitative estimate of drug-likeness (QED) is 0.557. The second kappa shape index (κ2) is 8.90. The fraction of sp³-hybridized carbons (Fsp3) is 0.400. The lowest BCUT2D eigenvalue weighted by Gasteiger charge is -2.20. The Morgan fingerprint density at radius 1 is 1.19 bits per heavy atom. The third-order valence-electron chi connectivity index (χ3n) is 6.14. The third kappa shape index (κ3) is 3.86. The van der Waals surface area contributed by atoms with Crippen molar-refractivity contribution in [2.75, 3.05) is 11.9 Å². The summed E-state index contributed by atoms with van der Waals surface area (Å²) < 4.78 is 6.83. The molecular formula is C25H28N2O4S. The molecule has 1 aliphatic carbocycles. The van der Waals surface area contributed by atoms with E-state index in [4.69, 9.17) is 4.74 Å². The van der Waals surface area contributed by atoms with Crippen molar-refractivity contribution in [3.05, 3.63) is 61.8 Å². The molecular weight excluding hydrogens is 424 g/mol. The van der Waals surface area contributed by atoms with Gasteiger partial charge in [0.15, 0.2) is 0 Å². The number of thiophene rings is 1. The highest BCUT2D eigenvalue weighted by molar-refractivity contribution is 7.17. The molecule has 1 amide bonds. The minimum absolute atomic E-state index is 0.219. The van der Waals surface area contributed by atoms with Crippen LogP contribution in [0.15, 0.2) is 29.1 Å². The lowest BCUT2D eigenvalue weighted by atomic mass is 9.95. The third-order valence-corrected chi connectivity index (χ3v) is 7.34. The van der Waals surface area contributed by atoms with Crippen LogP contribution in [0.25, 0.3) is 10.9 Å². The van der Waals surface area contributed by atoms with E-state index in [-0.39, 0.29) is 18.1 Å². The zero-order valence-electron chi connectivity index (χ0n) is 18.9. The van der Waals surface area contributed by atoms with Gasteiger partial charge in [-0.3, -0.25) is 14.2 Å². The maximum absolute atomic E-state index is 13.3. The van der Waals surface area contributed by atoms with E-state index >= 15 is 0 Å². The second-order valence-electron chi connectivity index (χ2n) is 8.31. The van der Waals surface area contributed by atoms with E-state index in [0.717, 1.165) is 58.2 Å². The van der Waals surface area contributed by atoms with Gasteiger partial charge in [0.05, 0.1) is 17.7 Å². The number of anilines is 1. The molecule has 6 nitrogen and oxygen atoms in total. The molecule has 1 aromatic carbocycles. The van der Waals surface area contributed by atoms with Crippen molar-refractivity contribution in [1.82, 2.24) is 4.57 Å². The number of carbonyl (C=O) groups excluding carboxylic acids is 2. The minimum Gasteiger partial charge on any atom is -0.462 e. The number of fused-ring (bicyclic) bond motifs is 2. The van der Waals surface area contributed by atoms with E-state index in [2.05, 4.69) is 5.32 Å². The van der Waals surface area contributed by atoms with Crippen molar-refractivity contribution in [3.8, 4) is 0 Å². The lowest BCUT2D eigenvalue weighted by molar-refractivity contribution is -0.118. The molecule has 1 aliphatic rings. The Morgan fingerprint density at radius 3 is 2.69 bits per heavy atom. The topological polar surface area (TPSA) is 77.4 Å². The van der Waals surface area contributed by atoms with Gasteiger partial charge in [-0.2, -0.15) is 0 Å². The molecule has 0 aliphatic heterocycles. The highest BCUT2D eigenvalue weighted by atomic mass is 32.1. The van der Waals surface area contributed by atoms with Crippen molar-refractivity contribution in [3.63, 3.8) is 0 Å². The number of benzene rings is 1. The summed E-state index contributed by atoms with van der Waals surface area (Å²) in [6, 6.07) is 6.67. The predicted octanol–water partition coefficient (Wildman–Crippen LogP) is 4.94. The van der Waals surface area contributed by atoms with Crippen LogP contribution in [-0.2, 0) is 22.4 Å². The number of pyridine rings is 1. The van der Waals surface area contributed by atoms with Gasteiger partial charge in [-0.25, -0.2) is 4.79 Å². The summed E-state index contributed by atoms with van der Waals surface area (Å²) in [6.45, 7) is 7.61. The van der Waals surface area contributed by atoms with Crippen LogP contribution in [0, 0.1) is 13.8 Å². The highest BCUT2D eigenvalue weighted by Gasteiger charge is 2.29. The number of hydrogen-bond acceptors (Lipinski definition) is 5. The summed E-state index contributed by atoms with van der Waals surface area (Å²) >= 11 is 1.45. The Morgan fingerprint density at radius 2 is 1.94 bits per heavy atom.